The van der Waals surface area contributed by atoms with E-state index < -0.39 is 10.0 Å². The number of hydrogen-bond donors (Lipinski definition) is 2. The molecule has 0 spiro atoms. The number of aryl methyl sites for hydroxylation is 1. The molecule has 2 aromatic rings. The summed E-state index contributed by atoms with van der Waals surface area (Å²) >= 11 is 0. The molecule has 0 radical (unpaired) electrons. The Kier molecular flexibility index (Phi) is 4.94. The molecule has 1 heterocycles. The fourth-order valence-electron chi connectivity index (χ4n) is 2.68. The number of rotatable bonds is 4. The Labute approximate surface area is 147 Å². The van der Waals surface area contributed by atoms with E-state index in [9.17, 15) is 13.2 Å². The molecule has 0 aromatic heterocycles. The number of hydrogen-bond acceptors (Lipinski definition) is 3. The number of urea groups is 1. The fraction of sp³-hybridized carbons (Fsp3) is 0.278. The van der Waals surface area contributed by atoms with E-state index in [1.165, 1.54) is 12.1 Å². The van der Waals surface area contributed by atoms with Crippen LogP contribution in [-0.4, -0.2) is 32.4 Å². The summed E-state index contributed by atoms with van der Waals surface area (Å²) in [6.45, 7) is 3.46. The molecule has 7 heteroatoms. The minimum atomic E-state index is -3.66. The van der Waals surface area contributed by atoms with Crippen LogP contribution >= 0.6 is 0 Å². The van der Waals surface area contributed by atoms with Gasteiger partial charge in [-0.1, -0.05) is 17.7 Å². The van der Waals surface area contributed by atoms with Crippen LogP contribution in [0.5, 0.6) is 0 Å². The van der Waals surface area contributed by atoms with Gasteiger partial charge in [-0.05, 0) is 56.2 Å². The summed E-state index contributed by atoms with van der Waals surface area (Å²) < 4.78 is 27.4. The number of anilines is 2. The van der Waals surface area contributed by atoms with Gasteiger partial charge in [0.15, 0.2) is 0 Å². The maximum atomic E-state index is 12.4. The molecule has 2 amide bonds. The van der Waals surface area contributed by atoms with Crippen LogP contribution < -0.4 is 10.0 Å². The summed E-state index contributed by atoms with van der Waals surface area (Å²) in [6.07, 6.45) is 2.05. The molecular weight excluding hydrogens is 338 g/mol. The first-order valence-electron chi connectivity index (χ1n) is 8.19. The van der Waals surface area contributed by atoms with Crippen molar-refractivity contribution in [3.05, 3.63) is 54.1 Å². The molecule has 2 aromatic carbocycles. The molecule has 0 saturated carbocycles. The van der Waals surface area contributed by atoms with E-state index in [0.29, 0.717) is 11.4 Å². The maximum absolute atomic E-state index is 12.4. The minimum Gasteiger partial charge on any atom is -0.325 e. The summed E-state index contributed by atoms with van der Waals surface area (Å²) in [7, 11) is -3.66. The zero-order valence-corrected chi connectivity index (χ0v) is 14.8. The Morgan fingerprint density at radius 1 is 0.920 bits per heavy atom. The van der Waals surface area contributed by atoms with Crippen LogP contribution in [-0.2, 0) is 10.0 Å². The van der Waals surface area contributed by atoms with Crippen LogP contribution in [0.1, 0.15) is 18.4 Å². The average Bonchev–Trinajstić information content (AvgIpc) is 3.12. The highest BCUT2D eigenvalue weighted by molar-refractivity contribution is 7.92. The van der Waals surface area contributed by atoms with Crippen molar-refractivity contribution in [3.8, 4) is 0 Å². The largest absolute Gasteiger partial charge is 0.325 e. The van der Waals surface area contributed by atoms with Crippen molar-refractivity contribution in [2.24, 2.45) is 0 Å². The van der Waals surface area contributed by atoms with E-state index >= 15 is 0 Å². The lowest BCUT2D eigenvalue weighted by atomic mass is 10.2. The molecule has 0 aliphatic carbocycles. The van der Waals surface area contributed by atoms with Crippen molar-refractivity contribution in [2.45, 2.75) is 24.7 Å². The van der Waals surface area contributed by atoms with Crippen molar-refractivity contribution >= 4 is 27.4 Å². The van der Waals surface area contributed by atoms with Gasteiger partial charge in [0.1, 0.15) is 0 Å². The average molecular weight is 359 g/mol. The van der Waals surface area contributed by atoms with Crippen molar-refractivity contribution in [1.82, 2.24) is 4.90 Å². The molecule has 25 heavy (non-hydrogen) atoms. The van der Waals surface area contributed by atoms with Crippen LogP contribution in [0.2, 0.25) is 0 Å². The molecule has 0 bridgehead atoms. The molecule has 1 aliphatic rings. The van der Waals surface area contributed by atoms with E-state index in [1.807, 2.05) is 19.1 Å². The first-order chi connectivity index (χ1) is 11.9. The zero-order chi connectivity index (χ0) is 17.9. The van der Waals surface area contributed by atoms with Gasteiger partial charge in [-0.2, -0.15) is 0 Å². The lowest BCUT2D eigenvalue weighted by molar-refractivity contribution is 0.222. The zero-order valence-electron chi connectivity index (χ0n) is 14.0. The van der Waals surface area contributed by atoms with Crippen molar-refractivity contribution in [1.29, 1.82) is 0 Å². The quantitative estimate of drug-likeness (QED) is 0.878. The lowest BCUT2D eigenvalue weighted by Crippen LogP contribution is -2.32. The molecule has 1 saturated heterocycles. The number of nitrogens with zero attached hydrogens (tertiary/aromatic N) is 1. The number of nitrogens with one attached hydrogen (secondary N) is 2. The SMILES string of the molecule is Cc1ccc(NS(=O)(=O)c2ccc(NC(=O)N3CCCC3)cc2)cc1. The third kappa shape index (κ3) is 4.30. The number of amides is 2. The summed E-state index contributed by atoms with van der Waals surface area (Å²) in [5.41, 5.74) is 2.14. The van der Waals surface area contributed by atoms with Crippen molar-refractivity contribution in [3.63, 3.8) is 0 Å². The van der Waals surface area contributed by atoms with E-state index in [1.54, 1.807) is 29.2 Å². The fourth-order valence-corrected chi connectivity index (χ4v) is 3.73. The second-order valence-electron chi connectivity index (χ2n) is 6.12. The van der Waals surface area contributed by atoms with Crippen molar-refractivity contribution < 1.29 is 13.2 Å². The second-order valence-corrected chi connectivity index (χ2v) is 7.80. The molecule has 0 atom stereocenters. The van der Waals surface area contributed by atoms with Crippen LogP contribution in [0, 0.1) is 6.92 Å². The Morgan fingerprint density at radius 2 is 1.48 bits per heavy atom. The van der Waals surface area contributed by atoms with Gasteiger partial charge in [-0.3, -0.25) is 4.72 Å². The highest BCUT2D eigenvalue weighted by Gasteiger charge is 2.18. The Balaban J connectivity index is 1.68. The molecule has 1 aliphatic heterocycles. The van der Waals surface area contributed by atoms with Gasteiger partial charge in [0.25, 0.3) is 10.0 Å². The molecule has 132 valence electrons. The van der Waals surface area contributed by atoms with Gasteiger partial charge in [0, 0.05) is 24.5 Å². The summed E-state index contributed by atoms with van der Waals surface area (Å²) in [4.78, 5) is 13.9. The van der Waals surface area contributed by atoms with Crippen LogP contribution in [0.4, 0.5) is 16.2 Å². The van der Waals surface area contributed by atoms with E-state index in [4.69, 9.17) is 0 Å². The first-order valence-corrected chi connectivity index (χ1v) is 9.68. The number of carbonyl (C=O) groups is 1. The Morgan fingerprint density at radius 3 is 2.08 bits per heavy atom. The topological polar surface area (TPSA) is 78.5 Å². The highest BCUT2D eigenvalue weighted by atomic mass is 32.2. The summed E-state index contributed by atoms with van der Waals surface area (Å²) in [6, 6.07) is 13.1. The molecule has 0 unspecified atom stereocenters. The van der Waals surface area contributed by atoms with Crippen LogP contribution in [0.25, 0.3) is 0 Å². The van der Waals surface area contributed by atoms with Gasteiger partial charge in [0.05, 0.1) is 4.90 Å². The van der Waals surface area contributed by atoms with E-state index in [-0.39, 0.29) is 10.9 Å². The molecule has 1 fully saturated rings. The van der Waals surface area contributed by atoms with Gasteiger partial charge in [-0.15, -0.1) is 0 Å². The highest BCUT2D eigenvalue weighted by Crippen LogP contribution is 2.19. The molecular formula is C18H21N3O3S. The van der Waals surface area contributed by atoms with Gasteiger partial charge in [0.2, 0.25) is 0 Å². The van der Waals surface area contributed by atoms with Gasteiger partial charge in [-0.25, -0.2) is 13.2 Å². The normalized spacial score (nSPS) is 14.4. The third-order valence-electron chi connectivity index (χ3n) is 4.11. The molecule has 2 N–H and O–H groups in total. The van der Waals surface area contributed by atoms with Crippen LogP contribution in [0.3, 0.4) is 0 Å². The summed E-state index contributed by atoms with van der Waals surface area (Å²) in [5, 5.41) is 2.79. The minimum absolute atomic E-state index is 0.146. The predicted molar refractivity (Wildman–Crippen MR) is 98.3 cm³/mol. The standard InChI is InChI=1S/C18H21N3O3S/c1-14-4-6-16(7-5-14)20-25(23,24)17-10-8-15(9-11-17)19-18(22)21-12-2-3-13-21/h4-11,20H,2-3,12-13H2,1H3,(H,19,22). The smallest absolute Gasteiger partial charge is 0.321 e. The third-order valence-corrected chi connectivity index (χ3v) is 5.51. The Hall–Kier alpha value is -2.54. The van der Waals surface area contributed by atoms with Crippen molar-refractivity contribution in [2.75, 3.05) is 23.1 Å². The molecule has 6 nitrogen and oxygen atoms in total. The second kappa shape index (κ2) is 7.14. The maximum Gasteiger partial charge on any atom is 0.321 e. The van der Waals surface area contributed by atoms with E-state index in [0.717, 1.165) is 31.5 Å². The number of sulfonamides is 1. The van der Waals surface area contributed by atoms with E-state index in [2.05, 4.69) is 10.0 Å². The number of likely N-dealkylation sites (tertiary alicyclic amines) is 1. The van der Waals surface area contributed by atoms with Crippen LogP contribution in [0.15, 0.2) is 53.4 Å². The van der Waals surface area contributed by atoms with Gasteiger partial charge >= 0.3 is 6.03 Å². The molecule has 3 rings (SSSR count). The van der Waals surface area contributed by atoms with Gasteiger partial charge < -0.3 is 10.2 Å². The number of carbonyl (C=O) groups excluding carboxylic acids is 1. The summed E-state index contributed by atoms with van der Waals surface area (Å²) in [5.74, 6) is 0. The predicted octanol–water partition coefficient (Wildman–Crippen LogP) is 3.42. The lowest BCUT2D eigenvalue weighted by Gasteiger charge is -2.16. The number of benzene rings is 2. The first kappa shape index (κ1) is 17.3. The Bertz CT molecular complexity index is 840. The monoisotopic (exact) mass is 359 g/mol.